The highest BCUT2D eigenvalue weighted by Gasteiger charge is 2.07. The Kier molecular flexibility index (Phi) is 9.25. The molecule has 2 rings (SSSR count). The van der Waals surface area contributed by atoms with Crippen LogP contribution in [0.15, 0.2) is 35.6 Å². The van der Waals surface area contributed by atoms with Gasteiger partial charge in [-0.3, -0.25) is 9.67 Å². The number of hydrogen-bond acceptors (Lipinski definition) is 4. The summed E-state index contributed by atoms with van der Waals surface area (Å²) in [6.07, 6.45) is 1.53. The van der Waals surface area contributed by atoms with E-state index in [1.165, 1.54) is 11.9 Å². The first-order valence-corrected chi connectivity index (χ1v) is 8.11. The average Bonchev–Trinajstić information content (AvgIpc) is 2.99. The van der Waals surface area contributed by atoms with Crippen molar-refractivity contribution in [3.05, 3.63) is 42.0 Å². The predicted molar refractivity (Wildman–Crippen MR) is 111 cm³/mol. The summed E-state index contributed by atoms with van der Waals surface area (Å²) in [5.41, 5.74) is 1.22. The number of aliphatic imine (C=N–C) groups is 1. The molecule has 0 bridgehead atoms. The Morgan fingerprint density at radius 3 is 2.68 bits per heavy atom. The molecule has 1 aromatic carbocycles. The van der Waals surface area contributed by atoms with Gasteiger partial charge in [0.15, 0.2) is 5.96 Å². The molecule has 1 aromatic heterocycles. The second kappa shape index (κ2) is 10.9. The molecule has 138 valence electrons. The fourth-order valence-electron chi connectivity index (χ4n) is 2.28. The van der Waals surface area contributed by atoms with Crippen LogP contribution >= 0.6 is 24.0 Å². The fraction of sp³-hybridized carbons (Fsp3) is 0.471. The average molecular weight is 458 g/mol. The number of rotatable bonds is 7. The number of hydrogen-bond donors (Lipinski definition) is 2. The van der Waals surface area contributed by atoms with Crippen LogP contribution in [0.3, 0.4) is 0 Å². The Morgan fingerprint density at radius 2 is 2.04 bits per heavy atom. The molecule has 1 heterocycles. The second-order valence-corrected chi connectivity index (χ2v) is 5.69. The van der Waals surface area contributed by atoms with E-state index in [1.54, 1.807) is 11.7 Å². The van der Waals surface area contributed by atoms with Gasteiger partial charge >= 0.3 is 0 Å². The van der Waals surface area contributed by atoms with Gasteiger partial charge in [0.05, 0.1) is 13.1 Å². The Bertz CT molecular complexity index is 671. The van der Waals surface area contributed by atoms with E-state index in [4.69, 9.17) is 4.74 Å². The van der Waals surface area contributed by atoms with Crippen molar-refractivity contribution < 1.29 is 4.74 Å². The Labute approximate surface area is 166 Å². The molecule has 25 heavy (non-hydrogen) atoms. The van der Waals surface area contributed by atoms with Gasteiger partial charge < -0.3 is 15.4 Å². The molecular weight excluding hydrogens is 431 g/mol. The van der Waals surface area contributed by atoms with Gasteiger partial charge in [-0.1, -0.05) is 32.0 Å². The number of aromatic nitrogens is 3. The first-order valence-electron chi connectivity index (χ1n) is 8.11. The molecule has 0 unspecified atom stereocenters. The summed E-state index contributed by atoms with van der Waals surface area (Å²) in [6.45, 7) is 6.11. The maximum atomic E-state index is 5.89. The van der Waals surface area contributed by atoms with E-state index < -0.39 is 0 Å². The molecule has 0 atom stereocenters. The molecule has 2 aromatic rings. The van der Waals surface area contributed by atoms with Gasteiger partial charge in [-0.15, -0.1) is 24.0 Å². The molecule has 2 N–H and O–H groups in total. The number of benzene rings is 1. The predicted octanol–water partition coefficient (Wildman–Crippen LogP) is 2.30. The summed E-state index contributed by atoms with van der Waals surface area (Å²) in [7, 11) is 3.60. The lowest BCUT2D eigenvalue weighted by molar-refractivity contribution is 0.317. The third-order valence-corrected chi connectivity index (χ3v) is 3.64. The molecule has 0 fully saturated rings. The molecule has 0 aliphatic rings. The number of nitrogens with one attached hydrogen (secondary N) is 2. The third kappa shape index (κ3) is 6.52. The number of para-hydroxylation sites is 1. The van der Waals surface area contributed by atoms with E-state index in [9.17, 15) is 0 Å². The summed E-state index contributed by atoms with van der Waals surface area (Å²) in [5.74, 6) is 2.94. The van der Waals surface area contributed by atoms with Gasteiger partial charge in [-0.2, -0.15) is 5.10 Å². The normalized spacial score (nSPS) is 11.2. The topological polar surface area (TPSA) is 76.4 Å². The SMILES string of the molecule is CN=C(NCCOc1ccccc1C(C)C)NCc1ncnn1C.I. The molecule has 0 spiro atoms. The standard InChI is InChI=1S/C17H26N6O.HI/c1-13(2)14-7-5-6-8-15(14)24-10-9-19-17(18-3)20-11-16-21-12-22-23(16)4;/h5-8,12-13H,9-11H2,1-4H3,(H2,18,19,20);1H. The zero-order valence-electron chi connectivity index (χ0n) is 15.2. The highest BCUT2D eigenvalue weighted by Crippen LogP contribution is 2.25. The number of ether oxygens (including phenoxy) is 1. The van der Waals surface area contributed by atoms with Crippen LogP contribution in [0.2, 0.25) is 0 Å². The molecule has 0 amide bonds. The second-order valence-electron chi connectivity index (χ2n) is 5.69. The van der Waals surface area contributed by atoms with Gasteiger partial charge in [0.25, 0.3) is 0 Å². The number of halogens is 1. The summed E-state index contributed by atoms with van der Waals surface area (Å²) in [6, 6.07) is 8.15. The Balaban J connectivity index is 0.00000312. The molecule has 8 heteroatoms. The van der Waals surface area contributed by atoms with E-state index in [0.717, 1.165) is 11.6 Å². The van der Waals surface area contributed by atoms with Gasteiger partial charge in [0, 0.05) is 14.1 Å². The summed E-state index contributed by atoms with van der Waals surface area (Å²) in [5, 5.41) is 10.5. The van der Waals surface area contributed by atoms with Gasteiger partial charge in [0.1, 0.15) is 24.5 Å². The minimum atomic E-state index is 0. The molecule has 0 radical (unpaired) electrons. The van der Waals surface area contributed by atoms with Crippen molar-refractivity contribution in [2.24, 2.45) is 12.0 Å². The molecule has 7 nitrogen and oxygen atoms in total. The van der Waals surface area contributed by atoms with E-state index >= 15 is 0 Å². The Hall–Kier alpha value is -1.84. The quantitative estimate of drug-likeness (QED) is 0.288. The van der Waals surface area contributed by atoms with Crippen molar-refractivity contribution in [1.29, 1.82) is 0 Å². The lowest BCUT2D eigenvalue weighted by Gasteiger charge is -2.15. The van der Waals surface area contributed by atoms with Crippen molar-refractivity contribution in [2.45, 2.75) is 26.3 Å². The van der Waals surface area contributed by atoms with Crippen LogP contribution in [0.1, 0.15) is 31.2 Å². The molecule has 0 saturated carbocycles. The van der Waals surface area contributed by atoms with Crippen LogP contribution < -0.4 is 15.4 Å². The van der Waals surface area contributed by atoms with Crippen molar-refractivity contribution in [1.82, 2.24) is 25.4 Å². The van der Waals surface area contributed by atoms with Crippen molar-refractivity contribution in [3.8, 4) is 5.75 Å². The van der Waals surface area contributed by atoms with E-state index in [2.05, 4.69) is 45.6 Å². The van der Waals surface area contributed by atoms with Crippen molar-refractivity contribution in [3.63, 3.8) is 0 Å². The zero-order valence-corrected chi connectivity index (χ0v) is 17.5. The maximum absolute atomic E-state index is 5.89. The van der Waals surface area contributed by atoms with E-state index in [1.807, 2.05) is 25.2 Å². The first-order chi connectivity index (χ1) is 11.6. The highest BCUT2D eigenvalue weighted by molar-refractivity contribution is 14.0. The minimum absolute atomic E-state index is 0. The monoisotopic (exact) mass is 458 g/mol. The van der Waals surface area contributed by atoms with Gasteiger partial charge in [-0.25, -0.2) is 4.98 Å². The number of guanidine groups is 1. The lowest BCUT2D eigenvalue weighted by Crippen LogP contribution is -2.39. The molecule has 0 aliphatic heterocycles. The van der Waals surface area contributed by atoms with Crippen LogP contribution in [0.4, 0.5) is 0 Å². The summed E-state index contributed by atoms with van der Waals surface area (Å²) in [4.78, 5) is 8.36. The first kappa shape index (κ1) is 21.2. The molecule has 0 saturated heterocycles. The van der Waals surface area contributed by atoms with Crippen LogP contribution in [0.25, 0.3) is 0 Å². The third-order valence-electron chi connectivity index (χ3n) is 3.64. The van der Waals surface area contributed by atoms with E-state index in [0.29, 0.717) is 31.6 Å². The number of nitrogens with zero attached hydrogens (tertiary/aromatic N) is 4. The maximum Gasteiger partial charge on any atom is 0.191 e. The summed E-state index contributed by atoms with van der Waals surface area (Å²) < 4.78 is 7.62. The Morgan fingerprint density at radius 1 is 1.28 bits per heavy atom. The van der Waals surface area contributed by atoms with Crippen LogP contribution in [-0.4, -0.2) is 40.9 Å². The van der Waals surface area contributed by atoms with Crippen molar-refractivity contribution >= 4 is 29.9 Å². The minimum Gasteiger partial charge on any atom is -0.491 e. The van der Waals surface area contributed by atoms with Gasteiger partial charge in [-0.05, 0) is 17.5 Å². The molecular formula is C17H27IN6O. The zero-order chi connectivity index (χ0) is 17.4. The van der Waals surface area contributed by atoms with Gasteiger partial charge in [0.2, 0.25) is 0 Å². The van der Waals surface area contributed by atoms with Crippen molar-refractivity contribution in [2.75, 3.05) is 20.2 Å². The van der Waals surface area contributed by atoms with Crippen LogP contribution in [-0.2, 0) is 13.6 Å². The smallest absolute Gasteiger partial charge is 0.191 e. The summed E-state index contributed by atoms with van der Waals surface area (Å²) >= 11 is 0. The fourth-order valence-corrected chi connectivity index (χ4v) is 2.28. The number of aryl methyl sites for hydroxylation is 1. The van der Waals surface area contributed by atoms with E-state index in [-0.39, 0.29) is 24.0 Å². The highest BCUT2D eigenvalue weighted by atomic mass is 127. The van der Waals surface area contributed by atoms with Crippen LogP contribution in [0, 0.1) is 0 Å². The van der Waals surface area contributed by atoms with Crippen LogP contribution in [0.5, 0.6) is 5.75 Å². The largest absolute Gasteiger partial charge is 0.491 e. The molecule has 0 aliphatic carbocycles. The lowest BCUT2D eigenvalue weighted by atomic mass is 10.0.